The molecule has 0 unspecified atom stereocenters. The van der Waals surface area contributed by atoms with Crippen LogP contribution in [0.3, 0.4) is 0 Å². The van der Waals surface area contributed by atoms with Crippen molar-refractivity contribution >= 4 is 16.7 Å². The first kappa shape index (κ1) is 11.3. The Labute approximate surface area is 105 Å². The highest BCUT2D eigenvalue weighted by atomic mass is 16.1. The summed E-state index contributed by atoms with van der Waals surface area (Å²) < 4.78 is 0. The van der Waals surface area contributed by atoms with Crippen LogP contribution in [0.1, 0.15) is 12.8 Å². The molecule has 96 valence electrons. The lowest BCUT2D eigenvalue weighted by atomic mass is 10.1. The molecule has 0 saturated heterocycles. The molecule has 1 aliphatic rings. The highest BCUT2D eigenvalue weighted by Crippen LogP contribution is 2.44. The zero-order valence-corrected chi connectivity index (χ0v) is 10.5. The van der Waals surface area contributed by atoms with Gasteiger partial charge in [0, 0.05) is 24.2 Å². The Morgan fingerprint density at radius 2 is 2.00 bits per heavy atom. The van der Waals surface area contributed by atoms with Crippen molar-refractivity contribution in [3.8, 4) is 0 Å². The fraction of sp³-hybridized carbons (Fsp3) is 0.462. The number of nitrogens with one attached hydrogen (secondary N) is 4. The second-order valence-corrected chi connectivity index (χ2v) is 5.22. The van der Waals surface area contributed by atoms with Crippen LogP contribution in [0.5, 0.6) is 0 Å². The molecule has 5 nitrogen and oxygen atoms in total. The largest absolute Gasteiger partial charge is 0.384 e. The van der Waals surface area contributed by atoms with E-state index in [1.54, 1.807) is 0 Å². The zero-order valence-electron chi connectivity index (χ0n) is 10.5. The maximum absolute atomic E-state index is 11.2. The lowest BCUT2D eigenvalue weighted by Crippen LogP contribution is -2.26. The van der Waals surface area contributed by atoms with Crippen molar-refractivity contribution in [3.63, 3.8) is 0 Å². The van der Waals surface area contributed by atoms with Gasteiger partial charge in [-0.15, -0.1) is 0 Å². The molecule has 0 aliphatic heterocycles. The molecular formula is C13H18N4O. The van der Waals surface area contributed by atoms with E-state index >= 15 is 0 Å². The Bertz CT molecular complexity index is 609. The van der Waals surface area contributed by atoms with Crippen molar-refractivity contribution in [3.05, 3.63) is 28.7 Å². The predicted octanol–water partition coefficient (Wildman–Crippen LogP) is 1.27. The average Bonchev–Trinajstić information content (AvgIpc) is 3.00. The smallest absolute Gasteiger partial charge is 0.323 e. The Kier molecular flexibility index (Phi) is 2.63. The van der Waals surface area contributed by atoms with Gasteiger partial charge in [0.25, 0.3) is 0 Å². The van der Waals surface area contributed by atoms with Crippen LogP contribution in [0.15, 0.2) is 23.0 Å². The standard InChI is InChI=1S/C13H18N4O/c1-14-7-13(4-5-13)8-15-9-2-3-10-11(6-9)17-12(18)16-10/h2-3,6,14-15H,4-5,7-8H2,1H3,(H2,16,17,18). The zero-order chi connectivity index (χ0) is 12.6. The van der Waals surface area contributed by atoms with Crippen molar-refractivity contribution in [2.75, 3.05) is 25.5 Å². The molecule has 3 rings (SSSR count). The second-order valence-electron chi connectivity index (χ2n) is 5.22. The Morgan fingerprint density at radius 1 is 1.22 bits per heavy atom. The van der Waals surface area contributed by atoms with Gasteiger partial charge in [0.05, 0.1) is 11.0 Å². The van der Waals surface area contributed by atoms with Gasteiger partial charge in [-0.3, -0.25) is 0 Å². The van der Waals surface area contributed by atoms with Crippen LogP contribution in [0.25, 0.3) is 11.0 Å². The molecule has 0 spiro atoms. The third-order valence-electron chi connectivity index (χ3n) is 3.69. The van der Waals surface area contributed by atoms with E-state index in [2.05, 4.69) is 20.6 Å². The summed E-state index contributed by atoms with van der Waals surface area (Å²) in [6, 6.07) is 5.90. The maximum atomic E-state index is 11.2. The van der Waals surface area contributed by atoms with E-state index in [4.69, 9.17) is 0 Å². The second kappa shape index (κ2) is 4.17. The van der Waals surface area contributed by atoms with E-state index in [9.17, 15) is 4.79 Å². The number of aromatic nitrogens is 2. The van der Waals surface area contributed by atoms with Gasteiger partial charge in [-0.05, 0) is 38.1 Å². The van der Waals surface area contributed by atoms with Crippen LogP contribution >= 0.6 is 0 Å². The van der Waals surface area contributed by atoms with Crippen LogP contribution < -0.4 is 16.3 Å². The minimum absolute atomic E-state index is 0.156. The van der Waals surface area contributed by atoms with E-state index in [0.29, 0.717) is 5.41 Å². The molecule has 0 bridgehead atoms. The Hall–Kier alpha value is -1.75. The SMILES string of the molecule is CNCC1(CNc2ccc3[nH]c(=O)[nH]c3c2)CC1. The summed E-state index contributed by atoms with van der Waals surface area (Å²) in [6.45, 7) is 2.04. The predicted molar refractivity (Wildman–Crippen MR) is 73.0 cm³/mol. The number of hydrogen-bond donors (Lipinski definition) is 4. The lowest BCUT2D eigenvalue weighted by molar-refractivity contribution is 0.507. The molecule has 0 radical (unpaired) electrons. The van der Waals surface area contributed by atoms with Crippen LogP contribution in [-0.2, 0) is 0 Å². The van der Waals surface area contributed by atoms with Gasteiger partial charge in [0.15, 0.2) is 0 Å². The summed E-state index contributed by atoms with van der Waals surface area (Å²) in [5, 5.41) is 6.70. The van der Waals surface area contributed by atoms with Crippen LogP contribution in [-0.4, -0.2) is 30.1 Å². The molecule has 4 N–H and O–H groups in total. The Balaban J connectivity index is 1.73. The van der Waals surface area contributed by atoms with Crippen molar-refractivity contribution in [1.82, 2.24) is 15.3 Å². The number of H-pyrrole nitrogens is 2. The van der Waals surface area contributed by atoms with Crippen molar-refractivity contribution in [2.24, 2.45) is 5.41 Å². The first-order valence-electron chi connectivity index (χ1n) is 6.31. The summed E-state index contributed by atoms with van der Waals surface area (Å²) in [4.78, 5) is 16.7. The van der Waals surface area contributed by atoms with E-state index in [0.717, 1.165) is 29.8 Å². The third kappa shape index (κ3) is 2.13. The van der Waals surface area contributed by atoms with Gasteiger partial charge in [0.1, 0.15) is 0 Å². The minimum Gasteiger partial charge on any atom is -0.384 e. The maximum Gasteiger partial charge on any atom is 0.323 e. The van der Waals surface area contributed by atoms with Crippen molar-refractivity contribution in [1.29, 1.82) is 0 Å². The average molecular weight is 246 g/mol. The van der Waals surface area contributed by atoms with Crippen molar-refractivity contribution in [2.45, 2.75) is 12.8 Å². The highest BCUT2D eigenvalue weighted by molar-refractivity contribution is 5.78. The first-order chi connectivity index (χ1) is 8.71. The van der Waals surface area contributed by atoms with Gasteiger partial charge in [-0.1, -0.05) is 0 Å². The van der Waals surface area contributed by atoms with Gasteiger partial charge < -0.3 is 20.6 Å². The number of anilines is 1. The van der Waals surface area contributed by atoms with Crippen LogP contribution in [0, 0.1) is 5.41 Å². The molecule has 5 heteroatoms. The molecule has 1 heterocycles. The van der Waals surface area contributed by atoms with E-state index in [-0.39, 0.29) is 5.69 Å². The molecule has 2 aromatic rings. The summed E-state index contributed by atoms with van der Waals surface area (Å²) >= 11 is 0. The monoisotopic (exact) mass is 246 g/mol. The van der Waals surface area contributed by atoms with Gasteiger partial charge in [-0.25, -0.2) is 4.79 Å². The molecule has 1 fully saturated rings. The summed E-state index contributed by atoms with van der Waals surface area (Å²) in [5.41, 5.74) is 3.02. The topological polar surface area (TPSA) is 72.7 Å². The summed E-state index contributed by atoms with van der Waals surface area (Å²) in [5.74, 6) is 0. The van der Waals surface area contributed by atoms with Gasteiger partial charge in [0.2, 0.25) is 0 Å². The molecule has 1 saturated carbocycles. The third-order valence-corrected chi connectivity index (χ3v) is 3.69. The van der Waals surface area contributed by atoms with E-state index in [1.165, 1.54) is 12.8 Å². The lowest BCUT2D eigenvalue weighted by Gasteiger charge is -2.16. The Morgan fingerprint density at radius 3 is 2.72 bits per heavy atom. The molecule has 1 aromatic carbocycles. The molecular weight excluding hydrogens is 228 g/mol. The molecule has 18 heavy (non-hydrogen) atoms. The first-order valence-corrected chi connectivity index (χ1v) is 6.31. The number of benzene rings is 1. The van der Waals surface area contributed by atoms with E-state index in [1.807, 2.05) is 25.2 Å². The fourth-order valence-corrected chi connectivity index (χ4v) is 2.40. The number of rotatable bonds is 5. The van der Waals surface area contributed by atoms with E-state index < -0.39 is 0 Å². The van der Waals surface area contributed by atoms with Crippen LogP contribution in [0.4, 0.5) is 5.69 Å². The number of hydrogen-bond acceptors (Lipinski definition) is 3. The van der Waals surface area contributed by atoms with Crippen LogP contribution in [0.2, 0.25) is 0 Å². The normalized spacial score (nSPS) is 16.9. The quantitative estimate of drug-likeness (QED) is 0.642. The molecule has 1 aliphatic carbocycles. The van der Waals surface area contributed by atoms with Crippen molar-refractivity contribution < 1.29 is 0 Å². The van der Waals surface area contributed by atoms with Gasteiger partial charge in [-0.2, -0.15) is 0 Å². The van der Waals surface area contributed by atoms with Gasteiger partial charge >= 0.3 is 5.69 Å². The fourth-order valence-electron chi connectivity index (χ4n) is 2.40. The number of imidazole rings is 1. The summed E-state index contributed by atoms with van der Waals surface area (Å²) in [7, 11) is 2.00. The summed E-state index contributed by atoms with van der Waals surface area (Å²) in [6.07, 6.45) is 2.56. The molecule has 0 amide bonds. The highest BCUT2D eigenvalue weighted by Gasteiger charge is 2.41. The number of aromatic amines is 2. The minimum atomic E-state index is -0.156. The number of fused-ring (bicyclic) bond motifs is 1. The molecule has 0 atom stereocenters. The molecule has 1 aromatic heterocycles.